The van der Waals surface area contributed by atoms with Gasteiger partial charge >= 0.3 is 6.36 Å². The van der Waals surface area contributed by atoms with Crippen LogP contribution in [0.4, 0.5) is 23.2 Å². The maximum atomic E-state index is 14.4. The van der Waals surface area contributed by atoms with Gasteiger partial charge in [0.15, 0.2) is 17.3 Å². The molecule has 218 valence electrons. The average molecular weight is 597 g/mol. The molecule has 8 nitrogen and oxygen atoms in total. The number of aliphatic hydroxyl groups excluding tert-OH is 1. The van der Waals surface area contributed by atoms with Gasteiger partial charge in [-0.25, -0.2) is 4.39 Å². The van der Waals surface area contributed by atoms with Crippen LogP contribution in [0.3, 0.4) is 0 Å². The quantitative estimate of drug-likeness (QED) is 0.135. The molecule has 1 atom stereocenters. The topological polar surface area (TPSA) is 102 Å². The number of carbonyl (C=O) groups is 1. The number of methoxy groups -OCH3 is 2. The van der Waals surface area contributed by atoms with E-state index in [9.17, 15) is 22.4 Å². The van der Waals surface area contributed by atoms with E-state index in [0.717, 1.165) is 12.1 Å². The number of aromatic nitrogens is 1. The number of hydrogen-bond donors (Lipinski definition) is 3. The summed E-state index contributed by atoms with van der Waals surface area (Å²) in [6.45, 7) is 1.31. The first-order chi connectivity index (χ1) is 19.4. The summed E-state index contributed by atoms with van der Waals surface area (Å²) >= 11 is 6.17. The lowest BCUT2D eigenvalue weighted by Crippen LogP contribution is -2.41. The number of alkyl halides is 3. The number of carbonyl (C=O) groups excluding carboxylic acids is 1. The van der Waals surface area contributed by atoms with Crippen LogP contribution in [-0.2, 0) is 5.54 Å². The molecule has 0 fully saturated rings. The second kappa shape index (κ2) is 11.8. The number of anilines is 1. The third kappa shape index (κ3) is 6.44. The van der Waals surface area contributed by atoms with Gasteiger partial charge in [0.05, 0.1) is 20.8 Å². The van der Waals surface area contributed by atoms with Gasteiger partial charge < -0.3 is 34.4 Å². The lowest BCUT2D eigenvalue weighted by atomic mass is 9.83. The number of benzene rings is 3. The van der Waals surface area contributed by atoms with Gasteiger partial charge in [0, 0.05) is 63.2 Å². The number of H-pyrrole nitrogens is 1. The Morgan fingerprint density at radius 2 is 1.76 bits per heavy atom. The highest BCUT2D eigenvalue weighted by atomic mass is 35.5. The number of rotatable bonds is 11. The fraction of sp³-hybridized carbons (Fsp3) is 0.250. The van der Waals surface area contributed by atoms with Gasteiger partial charge in [-0.1, -0.05) is 17.7 Å². The SMILES string of the molecule is COc1cc(N[C@@](C)(C(=O)c2c[nH]c3cc(F)c(OC(F)(F)F)cc23)c2ccc(Cl)cc2OC)cc(OCCO)c1. The zero-order valence-corrected chi connectivity index (χ0v) is 22.7. The molecule has 41 heavy (non-hydrogen) atoms. The lowest BCUT2D eigenvalue weighted by Gasteiger charge is -2.32. The van der Waals surface area contributed by atoms with Gasteiger partial charge in [-0.2, -0.15) is 0 Å². The zero-order chi connectivity index (χ0) is 29.9. The smallest absolute Gasteiger partial charge is 0.497 e. The van der Waals surface area contributed by atoms with E-state index in [4.69, 9.17) is 30.9 Å². The summed E-state index contributed by atoms with van der Waals surface area (Å²) in [6.07, 6.45) is -3.88. The number of Topliss-reactive ketones (excluding diaryl/α,β-unsaturated/α-hetero) is 1. The minimum absolute atomic E-state index is 0.00203. The Morgan fingerprint density at radius 3 is 2.41 bits per heavy atom. The number of aliphatic hydroxyl groups is 1. The highest BCUT2D eigenvalue weighted by Gasteiger charge is 2.40. The molecule has 1 aromatic heterocycles. The fourth-order valence-electron chi connectivity index (χ4n) is 4.41. The van der Waals surface area contributed by atoms with E-state index >= 15 is 0 Å². The predicted molar refractivity (Wildman–Crippen MR) is 144 cm³/mol. The van der Waals surface area contributed by atoms with Crippen LogP contribution >= 0.6 is 11.6 Å². The molecule has 3 aromatic carbocycles. The molecule has 4 rings (SSSR count). The number of aromatic amines is 1. The molecule has 4 aromatic rings. The summed E-state index contributed by atoms with van der Waals surface area (Å²) in [5, 5.41) is 12.7. The number of ether oxygens (including phenoxy) is 4. The third-order valence-electron chi connectivity index (χ3n) is 6.23. The van der Waals surface area contributed by atoms with Crippen molar-refractivity contribution in [2.75, 3.05) is 32.8 Å². The summed E-state index contributed by atoms with van der Waals surface area (Å²) in [5.41, 5.74) is -0.939. The molecular formula is C28H25ClF4N2O6. The number of hydrogen-bond acceptors (Lipinski definition) is 7. The highest BCUT2D eigenvalue weighted by molar-refractivity contribution is 6.30. The van der Waals surface area contributed by atoms with E-state index in [1.54, 1.807) is 37.3 Å². The fourth-order valence-corrected chi connectivity index (χ4v) is 4.57. The molecule has 13 heteroatoms. The van der Waals surface area contributed by atoms with Crippen LogP contribution in [-0.4, -0.2) is 49.7 Å². The van der Waals surface area contributed by atoms with Gasteiger partial charge in [0.1, 0.15) is 29.4 Å². The summed E-state index contributed by atoms with van der Waals surface area (Å²) < 4.78 is 73.4. The van der Waals surface area contributed by atoms with Crippen LogP contribution in [0.15, 0.2) is 54.7 Å². The molecule has 0 aliphatic rings. The Balaban J connectivity index is 1.89. The summed E-state index contributed by atoms with van der Waals surface area (Å²) in [6, 6.07) is 11.0. The van der Waals surface area contributed by atoms with Crippen molar-refractivity contribution in [3.63, 3.8) is 0 Å². The molecular weight excluding hydrogens is 572 g/mol. The highest BCUT2D eigenvalue weighted by Crippen LogP contribution is 2.41. The van der Waals surface area contributed by atoms with Crippen LogP contribution in [0.1, 0.15) is 22.8 Å². The monoisotopic (exact) mass is 596 g/mol. The van der Waals surface area contributed by atoms with Gasteiger partial charge in [0.25, 0.3) is 0 Å². The number of halogens is 5. The maximum absolute atomic E-state index is 14.4. The van der Waals surface area contributed by atoms with Crippen molar-refractivity contribution in [3.05, 3.63) is 76.7 Å². The van der Waals surface area contributed by atoms with Crippen LogP contribution in [0.2, 0.25) is 5.02 Å². The Hall–Kier alpha value is -4.16. The molecule has 0 spiro atoms. The molecule has 0 aliphatic heterocycles. The predicted octanol–water partition coefficient (Wildman–Crippen LogP) is 6.46. The van der Waals surface area contributed by atoms with Crippen LogP contribution in [0.25, 0.3) is 10.9 Å². The molecule has 0 bridgehead atoms. The van der Waals surface area contributed by atoms with E-state index in [1.165, 1.54) is 26.5 Å². The van der Waals surface area contributed by atoms with Gasteiger partial charge in [0.2, 0.25) is 0 Å². The minimum atomic E-state index is -5.15. The van der Waals surface area contributed by atoms with E-state index < -0.39 is 29.3 Å². The van der Waals surface area contributed by atoms with Crippen LogP contribution in [0.5, 0.6) is 23.0 Å². The molecule has 3 N–H and O–H groups in total. The van der Waals surface area contributed by atoms with Crippen molar-refractivity contribution in [1.29, 1.82) is 0 Å². The van der Waals surface area contributed by atoms with Crippen molar-refractivity contribution in [3.8, 4) is 23.0 Å². The number of fused-ring (bicyclic) bond motifs is 1. The standard InChI is InChI=1S/C28H25ClF4N2O6/c1-27(21-5-4-15(29)8-24(21)39-3,35-16-9-17(38-2)11-18(10-16)40-7-6-36)26(37)20-14-34-23-13-22(30)25(12-19(20)23)41-28(31,32)33/h4-5,8-14,34-36H,6-7H2,1-3H3/t27-/m1/s1. The first-order valence-corrected chi connectivity index (χ1v) is 12.4. The van der Waals surface area contributed by atoms with E-state index in [1.807, 2.05) is 0 Å². The summed E-state index contributed by atoms with van der Waals surface area (Å²) in [5.74, 6) is -2.02. The molecule has 0 aliphatic carbocycles. The summed E-state index contributed by atoms with van der Waals surface area (Å²) in [4.78, 5) is 17.1. The number of ketones is 1. The van der Waals surface area contributed by atoms with Crippen LogP contribution in [0, 0.1) is 5.82 Å². The Bertz CT molecular complexity index is 1580. The molecule has 0 radical (unpaired) electrons. The maximum Gasteiger partial charge on any atom is 0.573 e. The molecule has 0 amide bonds. The third-order valence-corrected chi connectivity index (χ3v) is 6.47. The van der Waals surface area contributed by atoms with E-state index in [-0.39, 0.29) is 35.4 Å². The van der Waals surface area contributed by atoms with Crippen molar-refractivity contribution in [2.45, 2.75) is 18.8 Å². The zero-order valence-electron chi connectivity index (χ0n) is 22.0. The minimum Gasteiger partial charge on any atom is -0.497 e. The van der Waals surface area contributed by atoms with Crippen molar-refractivity contribution >= 4 is 34.0 Å². The molecule has 0 saturated heterocycles. The first kappa shape index (κ1) is 29.8. The second-order valence-electron chi connectivity index (χ2n) is 8.97. The lowest BCUT2D eigenvalue weighted by molar-refractivity contribution is -0.275. The van der Waals surface area contributed by atoms with Crippen molar-refractivity contribution in [1.82, 2.24) is 4.98 Å². The normalized spacial score (nSPS) is 13.0. The first-order valence-electron chi connectivity index (χ1n) is 12.0. The van der Waals surface area contributed by atoms with Crippen molar-refractivity contribution in [2.24, 2.45) is 0 Å². The Labute approximate surface area is 236 Å². The van der Waals surface area contributed by atoms with E-state index in [2.05, 4.69) is 15.0 Å². The summed E-state index contributed by atoms with van der Waals surface area (Å²) in [7, 11) is 2.83. The number of nitrogens with one attached hydrogen (secondary N) is 2. The Kier molecular flexibility index (Phi) is 8.55. The van der Waals surface area contributed by atoms with Gasteiger partial charge in [-0.05, 0) is 25.1 Å². The van der Waals surface area contributed by atoms with Crippen LogP contribution < -0.4 is 24.3 Å². The molecule has 1 heterocycles. The Morgan fingerprint density at radius 1 is 1.02 bits per heavy atom. The van der Waals surface area contributed by atoms with Crippen molar-refractivity contribution < 1.29 is 46.4 Å². The average Bonchev–Trinajstić information content (AvgIpc) is 3.32. The van der Waals surface area contributed by atoms with Gasteiger partial charge in [-0.3, -0.25) is 4.79 Å². The second-order valence-corrected chi connectivity index (χ2v) is 9.41. The van der Waals surface area contributed by atoms with Gasteiger partial charge in [-0.15, -0.1) is 13.2 Å². The molecule has 0 saturated carbocycles. The molecule has 0 unspecified atom stereocenters. The largest absolute Gasteiger partial charge is 0.573 e. The van der Waals surface area contributed by atoms with E-state index in [0.29, 0.717) is 27.8 Å².